The molecule has 0 N–H and O–H groups in total. The molecule has 17 heavy (non-hydrogen) atoms. The van der Waals surface area contributed by atoms with Gasteiger partial charge in [0.05, 0.1) is 0 Å². The van der Waals surface area contributed by atoms with Gasteiger partial charge in [0.1, 0.15) is 5.75 Å². The summed E-state index contributed by atoms with van der Waals surface area (Å²) >= 11 is 0. The quantitative estimate of drug-likeness (QED) is 0.591. The van der Waals surface area contributed by atoms with Gasteiger partial charge in [0, 0.05) is 6.42 Å². The third-order valence-corrected chi connectivity index (χ3v) is 2.80. The van der Waals surface area contributed by atoms with E-state index in [0.717, 1.165) is 11.8 Å². The van der Waals surface area contributed by atoms with Crippen LogP contribution in [0.25, 0.3) is 10.8 Å². The zero-order valence-electron chi connectivity index (χ0n) is 10.2. The monoisotopic (exact) mass is 228 g/mol. The van der Waals surface area contributed by atoms with E-state index in [1.807, 2.05) is 18.2 Å². The van der Waals surface area contributed by atoms with Crippen molar-refractivity contribution in [1.29, 1.82) is 0 Å². The molecule has 88 valence electrons. The fourth-order valence-corrected chi connectivity index (χ4v) is 1.76. The van der Waals surface area contributed by atoms with Crippen LogP contribution in [0.3, 0.4) is 0 Å². The van der Waals surface area contributed by atoms with E-state index in [4.69, 9.17) is 4.74 Å². The highest BCUT2D eigenvalue weighted by Gasteiger charge is 2.03. The summed E-state index contributed by atoms with van der Waals surface area (Å²) < 4.78 is 5.19. The zero-order chi connectivity index (χ0) is 12.3. The van der Waals surface area contributed by atoms with Crippen LogP contribution in [0.5, 0.6) is 5.75 Å². The van der Waals surface area contributed by atoms with Crippen molar-refractivity contribution in [2.75, 3.05) is 0 Å². The highest BCUT2D eigenvalue weighted by molar-refractivity contribution is 5.85. The molecule has 0 heterocycles. The largest absolute Gasteiger partial charge is 0.427 e. The lowest BCUT2D eigenvalue weighted by molar-refractivity contribution is -0.134. The Morgan fingerprint density at radius 1 is 1.06 bits per heavy atom. The maximum absolute atomic E-state index is 11.2. The topological polar surface area (TPSA) is 26.3 Å². The fourth-order valence-electron chi connectivity index (χ4n) is 1.76. The van der Waals surface area contributed by atoms with Gasteiger partial charge < -0.3 is 4.74 Å². The highest BCUT2D eigenvalue weighted by Crippen LogP contribution is 2.22. The molecule has 2 aromatic carbocycles. The van der Waals surface area contributed by atoms with Gasteiger partial charge >= 0.3 is 5.97 Å². The number of ether oxygens (including phenoxy) is 1. The van der Waals surface area contributed by atoms with Crippen molar-refractivity contribution in [2.24, 2.45) is 0 Å². The average molecular weight is 228 g/mol. The molecule has 0 amide bonds. The van der Waals surface area contributed by atoms with E-state index >= 15 is 0 Å². The van der Waals surface area contributed by atoms with E-state index in [0.29, 0.717) is 12.2 Å². The van der Waals surface area contributed by atoms with Crippen LogP contribution in [-0.4, -0.2) is 5.97 Å². The summed E-state index contributed by atoms with van der Waals surface area (Å²) in [6.45, 7) is 3.93. The van der Waals surface area contributed by atoms with Crippen molar-refractivity contribution < 1.29 is 9.53 Å². The number of fused-ring (bicyclic) bond motifs is 1. The van der Waals surface area contributed by atoms with Gasteiger partial charge in [0.2, 0.25) is 0 Å². The van der Waals surface area contributed by atoms with Gasteiger partial charge in [-0.25, -0.2) is 0 Å². The van der Waals surface area contributed by atoms with Crippen molar-refractivity contribution >= 4 is 16.7 Å². The molecule has 0 atom stereocenters. The third kappa shape index (κ3) is 2.64. The summed E-state index contributed by atoms with van der Waals surface area (Å²) in [6.07, 6.45) is 1.43. The molecule has 0 aromatic heterocycles. The second kappa shape index (κ2) is 5.00. The Hall–Kier alpha value is -1.83. The van der Waals surface area contributed by atoms with E-state index in [-0.39, 0.29) is 5.97 Å². The van der Waals surface area contributed by atoms with Crippen molar-refractivity contribution in [2.45, 2.75) is 26.7 Å². The molecule has 0 unspecified atom stereocenters. The Balaban J connectivity index is 2.34. The first kappa shape index (κ1) is 11.6. The van der Waals surface area contributed by atoms with Gasteiger partial charge in [0.25, 0.3) is 0 Å². The number of rotatable bonds is 3. The number of hydrogen-bond donors (Lipinski definition) is 0. The number of hydrogen-bond acceptors (Lipinski definition) is 2. The number of carbonyl (C=O) groups is 1. The molecule has 2 heteroatoms. The SMILES string of the molecule is CCC(=O)Oc1ccc2cc(CC)ccc2c1. The molecule has 0 radical (unpaired) electrons. The van der Waals surface area contributed by atoms with Gasteiger partial charge in [-0.2, -0.15) is 0 Å². The minimum Gasteiger partial charge on any atom is -0.427 e. The molecule has 2 aromatic rings. The number of carbonyl (C=O) groups excluding carboxylic acids is 1. The summed E-state index contributed by atoms with van der Waals surface area (Å²) in [4.78, 5) is 11.2. The molecule has 0 aliphatic carbocycles. The first-order valence-electron chi connectivity index (χ1n) is 5.96. The van der Waals surface area contributed by atoms with Gasteiger partial charge in [-0.15, -0.1) is 0 Å². The van der Waals surface area contributed by atoms with Gasteiger partial charge in [-0.05, 0) is 34.9 Å². The minimum atomic E-state index is -0.200. The maximum atomic E-state index is 11.2. The number of esters is 1. The number of aryl methyl sites for hydroxylation is 1. The lowest BCUT2D eigenvalue weighted by Gasteiger charge is -2.05. The van der Waals surface area contributed by atoms with Crippen molar-refractivity contribution in [3.05, 3.63) is 42.0 Å². The second-order valence-corrected chi connectivity index (χ2v) is 4.02. The molecule has 0 bridgehead atoms. The molecule has 0 saturated heterocycles. The predicted octanol–water partition coefficient (Wildman–Crippen LogP) is 3.72. The van der Waals surface area contributed by atoms with Crippen molar-refractivity contribution in [1.82, 2.24) is 0 Å². The van der Waals surface area contributed by atoms with Crippen LogP contribution in [0.15, 0.2) is 36.4 Å². The summed E-state index contributed by atoms with van der Waals surface area (Å²) in [7, 11) is 0. The van der Waals surface area contributed by atoms with Crippen LogP contribution in [0.2, 0.25) is 0 Å². The van der Waals surface area contributed by atoms with Gasteiger partial charge in [-0.1, -0.05) is 38.1 Å². The summed E-state index contributed by atoms with van der Waals surface area (Å²) in [5.41, 5.74) is 1.32. The minimum absolute atomic E-state index is 0.200. The van der Waals surface area contributed by atoms with E-state index < -0.39 is 0 Å². The van der Waals surface area contributed by atoms with Crippen LogP contribution in [0, 0.1) is 0 Å². The van der Waals surface area contributed by atoms with Crippen molar-refractivity contribution in [3.8, 4) is 5.75 Å². The standard InChI is InChI=1S/C15H16O2/c1-3-11-5-6-13-10-14(17-15(16)4-2)8-7-12(13)9-11/h5-10H,3-4H2,1-2H3. The number of benzene rings is 2. The highest BCUT2D eigenvalue weighted by atomic mass is 16.5. The molecule has 2 rings (SSSR count). The Morgan fingerprint density at radius 3 is 2.47 bits per heavy atom. The molecular formula is C15H16O2. The molecule has 0 spiro atoms. The predicted molar refractivity (Wildman–Crippen MR) is 69.3 cm³/mol. The van der Waals surface area contributed by atoms with Crippen LogP contribution in [0.1, 0.15) is 25.8 Å². The normalized spacial score (nSPS) is 10.5. The first-order chi connectivity index (χ1) is 8.22. The summed E-state index contributed by atoms with van der Waals surface area (Å²) in [5.74, 6) is 0.420. The van der Waals surface area contributed by atoms with Gasteiger partial charge in [-0.3, -0.25) is 4.79 Å². The maximum Gasteiger partial charge on any atom is 0.310 e. The molecule has 0 fully saturated rings. The van der Waals surface area contributed by atoms with Crippen LogP contribution >= 0.6 is 0 Å². The molecule has 0 aliphatic rings. The second-order valence-electron chi connectivity index (χ2n) is 4.02. The Labute approximate surface area is 101 Å². The van der Waals surface area contributed by atoms with Crippen LogP contribution < -0.4 is 4.74 Å². The van der Waals surface area contributed by atoms with Gasteiger partial charge in [0.15, 0.2) is 0 Å². The van der Waals surface area contributed by atoms with Crippen LogP contribution in [0.4, 0.5) is 0 Å². The fraction of sp³-hybridized carbons (Fsp3) is 0.267. The lowest BCUT2D eigenvalue weighted by Crippen LogP contribution is -2.05. The van der Waals surface area contributed by atoms with Crippen molar-refractivity contribution in [3.63, 3.8) is 0 Å². The lowest BCUT2D eigenvalue weighted by atomic mass is 10.1. The summed E-state index contributed by atoms with van der Waals surface area (Å²) in [5, 5.41) is 2.28. The van der Waals surface area contributed by atoms with E-state index in [9.17, 15) is 4.79 Å². The smallest absolute Gasteiger partial charge is 0.310 e. The molecular weight excluding hydrogens is 212 g/mol. The average Bonchev–Trinajstić information content (AvgIpc) is 2.38. The van der Waals surface area contributed by atoms with E-state index in [1.54, 1.807) is 6.92 Å². The Morgan fingerprint density at radius 2 is 1.76 bits per heavy atom. The van der Waals surface area contributed by atoms with E-state index in [1.165, 1.54) is 10.9 Å². The molecule has 0 aliphatic heterocycles. The third-order valence-electron chi connectivity index (χ3n) is 2.80. The summed E-state index contributed by atoms with van der Waals surface area (Å²) in [6, 6.07) is 12.1. The van der Waals surface area contributed by atoms with E-state index in [2.05, 4.69) is 25.1 Å². The molecule has 0 saturated carbocycles. The first-order valence-corrected chi connectivity index (χ1v) is 5.96. The zero-order valence-corrected chi connectivity index (χ0v) is 10.2. The van der Waals surface area contributed by atoms with Crippen LogP contribution in [-0.2, 0) is 11.2 Å². The Kier molecular flexibility index (Phi) is 3.43. The molecule has 2 nitrogen and oxygen atoms in total. The Bertz CT molecular complexity index is 544.